The van der Waals surface area contributed by atoms with Crippen LogP contribution in [-0.2, 0) is 22.5 Å². The average Bonchev–Trinajstić information content (AvgIpc) is 2.88. The van der Waals surface area contributed by atoms with Gasteiger partial charge in [-0.25, -0.2) is 14.2 Å². The Bertz CT molecular complexity index is 1260. The van der Waals surface area contributed by atoms with E-state index in [0.29, 0.717) is 5.56 Å². The van der Waals surface area contributed by atoms with E-state index in [1.165, 1.54) is 19.1 Å². The predicted molar refractivity (Wildman–Crippen MR) is 128 cm³/mol. The van der Waals surface area contributed by atoms with Gasteiger partial charge in [0.2, 0.25) is 5.60 Å². The van der Waals surface area contributed by atoms with Crippen LogP contribution in [0.5, 0.6) is 0 Å². The summed E-state index contributed by atoms with van der Waals surface area (Å²) in [7, 11) is 0. The molecular formula is C25H24ClF4N3O4. The number of carbonyl (C=O) groups is 1. The van der Waals surface area contributed by atoms with E-state index >= 15 is 0 Å². The summed E-state index contributed by atoms with van der Waals surface area (Å²) in [5.74, 6) is -0.765. The van der Waals surface area contributed by atoms with Crippen molar-refractivity contribution in [2.75, 3.05) is 13.2 Å². The van der Waals surface area contributed by atoms with Crippen LogP contribution in [0.1, 0.15) is 23.7 Å². The molecule has 0 aliphatic heterocycles. The lowest BCUT2D eigenvalue weighted by Gasteiger charge is -2.33. The second-order valence-electron chi connectivity index (χ2n) is 8.49. The molecule has 1 amide bonds. The smallest absolute Gasteiger partial charge is 0.424 e. The summed E-state index contributed by atoms with van der Waals surface area (Å²) in [6.45, 7) is -0.797. The largest absolute Gasteiger partial charge is 0.445 e. The number of alkyl halides is 3. The Hall–Kier alpha value is -3.25. The highest BCUT2D eigenvalue weighted by Crippen LogP contribution is 2.40. The van der Waals surface area contributed by atoms with E-state index in [9.17, 15) is 32.6 Å². The van der Waals surface area contributed by atoms with Gasteiger partial charge in [-0.15, -0.1) is 0 Å². The Morgan fingerprint density at radius 2 is 1.81 bits per heavy atom. The van der Waals surface area contributed by atoms with Crippen LogP contribution in [0.3, 0.4) is 0 Å². The van der Waals surface area contributed by atoms with E-state index in [-0.39, 0.29) is 28.5 Å². The molecule has 1 heterocycles. The third-order valence-electron chi connectivity index (χ3n) is 5.77. The van der Waals surface area contributed by atoms with Gasteiger partial charge in [0.1, 0.15) is 12.4 Å². The lowest BCUT2D eigenvalue weighted by Crippen LogP contribution is -2.50. The molecule has 0 fully saturated rings. The Kier molecular flexibility index (Phi) is 8.43. The number of benzene rings is 2. The van der Waals surface area contributed by atoms with Crippen molar-refractivity contribution in [3.8, 4) is 11.3 Å². The maximum absolute atomic E-state index is 13.8. The van der Waals surface area contributed by atoms with Crippen LogP contribution < -0.4 is 11.1 Å². The number of aromatic nitrogens is 1. The quantitative estimate of drug-likeness (QED) is 0.314. The van der Waals surface area contributed by atoms with Crippen molar-refractivity contribution in [1.82, 2.24) is 10.3 Å². The van der Waals surface area contributed by atoms with Crippen molar-refractivity contribution in [2.24, 2.45) is 5.73 Å². The zero-order valence-electron chi connectivity index (χ0n) is 19.5. The lowest BCUT2D eigenvalue weighted by atomic mass is 9.88. The van der Waals surface area contributed by atoms with Crippen LogP contribution >= 0.6 is 11.6 Å². The standard InChI is InChI=1S/C25H24ClF4N3O4/c1-23(14-34,33-22(35)37-12-15-5-3-2-4-6-15)17-10-20(16-7-8-19(27)18(26)9-16)32-21(11-17)24(36,13-31)25(28,29)30/h2-11,34,36H,12-14,31H2,1H3,(H,33,35). The molecule has 12 heteroatoms. The first-order valence-electron chi connectivity index (χ1n) is 10.9. The summed E-state index contributed by atoms with van der Waals surface area (Å²) in [5.41, 5.74) is -0.259. The van der Waals surface area contributed by atoms with Crippen LogP contribution in [0.25, 0.3) is 11.3 Å². The van der Waals surface area contributed by atoms with Gasteiger partial charge in [-0.3, -0.25) is 0 Å². The molecular weight excluding hydrogens is 518 g/mol. The zero-order valence-corrected chi connectivity index (χ0v) is 20.3. The molecule has 3 aromatic rings. The molecule has 2 aromatic carbocycles. The van der Waals surface area contributed by atoms with Gasteiger partial charge in [0.25, 0.3) is 0 Å². The Morgan fingerprint density at radius 3 is 2.38 bits per heavy atom. The normalized spacial score (nSPS) is 14.9. The van der Waals surface area contributed by atoms with Crippen molar-refractivity contribution < 1.29 is 37.3 Å². The van der Waals surface area contributed by atoms with E-state index in [1.54, 1.807) is 30.3 Å². The topological polar surface area (TPSA) is 118 Å². The van der Waals surface area contributed by atoms with Gasteiger partial charge < -0.3 is 26.0 Å². The number of alkyl carbamates (subject to hydrolysis) is 1. The van der Waals surface area contributed by atoms with Gasteiger partial charge in [0.15, 0.2) is 0 Å². The fraction of sp³-hybridized carbons (Fsp3) is 0.280. The predicted octanol–water partition coefficient (Wildman–Crippen LogP) is 4.38. The number of carbonyl (C=O) groups excluding carboxylic acids is 1. The number of ether oxygens (including phenoxy) is 1. The molecule has 0 radical (unpaired) electrons. The molecule has 0 spiro atoms. The highest BCUT2D eigenvalue weighted by Gasteiger charge is 2.55. The molecule has 0 aliphatic carbocycles. The molecule has 198 valence electrons. The molecule has 5 N–H and O–H groups in total. The van der Waals surface area contributed by atoms with Crippen LogP contribution in [0.15, 0.2) is 60.7 Å². The molecule has 0 bridgehead atoms. The van der Waals surface area contributed by atoms with Crippen LogP contribution in [0.2, 0.25) is 5.02 Å². The summed E-state index contributed by atoms with van der Waals surface area (Å²) in [5, 5.41) is 22.8. The maximum Gasteiger partial charge on any atom is 0.424 e. The number of nitrogens with two attached hydrogens (primary N) is 1. The number of pyridine rings is 1. The average molecular weight is 542 g/mol. The van der Waals surface area contributed by atoms with Gasteiger partial charge in [0.05, 0.1) is 28.6 Å². The molecule has 3 rings (SSSR count). The second kappa shape index (κ2) is 11.0. The fourth-order valence-electron chi connectivity index (χ4n) is 3.42. The van der Waals surface area contributed by atoms with Crippen LogP contribution in [-0.4, -0.2) is 40.6 Å². The summed E-state index contributed by atoms with van der Waals surface area (Å²) < 4.78 is 60.4. The van der Waals surface area contributed by atoms with E-state index in [0.717, 1.165) is 18.2 Å². The number of hydrogen-bond acceptors (Lipinski definition) is 6. The summed E-state index contributed by atoms with van der Waals surface area (Å²) in [4.78, 5) is 16.5. The third-order valence-corrected chi connectivity index (χ3v) is 6.06. The molecule has 0 saturated carbocycles. The van der Waals surface area contributed by atoms with Gasteiger partial charge >= 0.3 is 12.3 Å². The number of nitrogens with one attached hydrogen (secondary N) is 1. The third kappa shape index (κ3) is 6.19. The SMILES string of the molecule is CC(CO)(NC(=O)OCc1ccccc1)c1cc(-c2ccc(F)c(Cl)c2)nc(C(O)(CN)C(F)(F)F)c1. The highest BCUT2D eigenvalue weighted by molar-refractivity contribution is 6.31. The van der Waals surface area contributed by atoms with Crippen molar-refractivity contribution in [3.05, 3.63) is 88.3 Å². The maximum atomic E-state index is 13.8. The van der Waals surface area contributed by atoms with Crippen LogP contribution in [0, 0.1) is 5.82 Å². The molecule has 7 nitrogen and oxygen atoms in total. The Balaban J connectivity index is 2.07. The summed E-state index contributed by atoms with van der Waals surface area (Å²) in [6, 6.07) is 14.2. The van der Waals surface area contributed by atoms with Crippen molar-refractivity contribution in [1.29, 1.82) is 0 Å². The number of aliphatic hydroxyl groups excluding tert-OH is 1. The molecule has 0 aliphatic rings. The van der Waals surface area contributed by atoms with Crippen molar-refractivity contribution >= 4 is 17.7 Å². The lowest BCUT2D eigenvalue weighted by molar-refractivity contribution is -0.263. The molecule has 0 saturated heterocycles. The highest BCUT2D eigenvalue weighted by atomic mass is 35.5. The Labute approximate surface area is 214 Å². The van der Waals surface area contributed by atoms with Crippen molar-refractivity contribution in [3.63, 3.8) is 0 Å². The summed E-state index contributed by atoms with van der Waals surface area (Å²) >= 11 is 5.84. The van der Waals surface area contributed by atoms with Gasteiger partial charge in [-0.05, 0) is 48.4 Å². The molecule has 2 unspecified atom stereocenters. The molecule has 1 aromatic heterocycles. The number of aliphatic hydroxyl groups is 2. The minimum Gasteiger partial charge on any atom is -0.445 e. The van der Waals surface area contributed by atoms with Gasteiger partial charge in [-0.2, -0.15) is 13.2 Å². The number of amides is 1. The first-order valence-corrected chi connectivity index (χ1v) is 11.3. The monoisotopic (exact) mass is 541 g/mol. The van der Waals surface area contributed by atoms with Crippen LogP contribution in [0.4, 0.5) is 22.4 Å². The Morgan fingerprint density at radius 1 is 1.14 bits per heavy atom. The van der Waals surface area contributed by atoms with E-state index in [4.69, 9.17) is 22.1 Å². The van der Waals surface area contributed by atoms with E-state index in [1.807, 2.05) is 0 Å². The van der Waals surface area contributed by atoms with E-state index < -0.39 is 48.1 Å². The second-order valence-corrected chi connectivity index (χ2v) is 8.90. The molecule has 2 atom stereocenters. The number of rotatable bonds is 8. The number of halogens is 5. The first-order chi connectivity index (χ1) is 17.3. The minimum atomic E-state index is -5.22. The van der Waals surface area contributed by atoms with E-state index in [2.05, 4.69) is 10.3 Å². The number of nitrogens with zero attached hydrogens (tertiary/aromatic N) is 1. The summed E-state index contributed by atoms with van der Waals surface area (Å²) in [6.07, 6.45) is -6.18. The first kappa shape index (κ1) is 28.3. The zero-order chi connectivity index (χ0) is 27.4. The van der Waals surface area contributed by atoms with Gasteiger partial charge in [0, 0.05) is 12.1 Å². The van der Waals surface area contributed by atoms with Crippen molar-refractivity contribution in [2.45, 2.75) is 30.8 Å². The molecule has 37 heavy (non-hydrogen) atoms. The number of hydrogen-bond donors (Lipinski definition) is 4. The fourth-order valence-corrected chi connectivity index (χ4v) is 3.60. The minimum absolute atomic E-state index is 0.0665. The van der Waals surface area contributed by atoms with Gasteiger partial charge in [-0.1, -0.05) is 41.9 Å².